The van der Waals surface area contributed by atoms with E-state index in [4.69, 9.17) is 5.26 Å². The third kappa shape index (κ3) is 3.17. The highest BCUT2D eigenvalue weighted by Crippen LogP contribution is 2.31. The molecule has 1 aromatic rings. The Morgan fingerprint density at radius 1 is 1.47 bits per heavy atom. The van der Waals surface area contributed by atoms with Gasteiger partial charge in [0.25, 0.3) is 0 Å². The molecule has 17 heavy (non-hydrogen) atoms. The van der Waals surface area contributed by atoms with Crippen molar-refractivity contribution >= 4 is 33.4 Å². The summed E-state index contributed by atoms with van der Waals surface area (Å²) in [5, 5.41) is 13.2. The van der Waals surface area contributed by atoms with E-state index >= 15 is 0 Å². The minimum atomic E-state index is 0.576. The fourth-order valence-corrected chi connectivity index (χ4v) is 3.48. The zero-order valence-electron chi connectivity index (χ0n) is 9.74. The van der Waals surface area contributed by atoms with Crippen LogP contribution in [0.5, 0.6) is 0 Å². The first kappa shape index (κ1) is 12.8. The predicted octanol–water partition coefficient (Wildman–Crippen LogP) is 4.02. The van der Waals surface area contributed by atoms with Crippen molar-refractivity contribution in [1.82, 2.24) is 0 Å². The fraction of sp³-hybridized carbons (Fsp3) is 0.462. The van der Waals surface area contributed by atoms with Gasteiger partial charge in [-0.1, -0.05) is 0 Å². The smallest absolute Gasteiger partial charge is 0.100 e. The van der Waals surface area contributed by atoms with Crippen LogP contribution in [0.2, 0.25) is 0 Å². The van der Waals surface area contributed by atoms with E-state index in [1.54, 1.807) is 0 Å². The lowest BCUT2D eigenvalue weighted by molar-refractivity contribution is 0.757. The summed E-state index contributed by atoms with van der Waals surface area (Å²) in [6, 6.07) is 8.56. The second kappa shape index (κ2) is 5.79. The first-order chi connectivity index (χ1) is 8.22. The largest absolute Gasteiger partial charge is 0.382 e. The molecule has 1 aliphatic rings. The fourth-order valence-electron chi connectivity index (χ4n) is 2.22. The zero-order valence-corrected chi connectivity index (χ0v) is 12.1. The molecule has 0 radical (unpaired) electrons. The standard InChI is InChI=1S/C13H15BrN2S/c1-17-12-5-4-10(6-12)16-11-3-2-9(8-15)13(14)7-11/h2-3,7,10,12,16H,4-6H2,1H3. The quantitative estimate of drug-likeness (QED) is 0.916. The monoisotopic (exact) mass is 310 g/mol. The van der Waals surface area contributed by atoms with E-state index in [-0.39, 0.29) is 0 Å². The molecule has 2 nitrogen and oxygen atoms in total. The van der Waals surface area contributed by atoms with Gasteiger partial charge in [-0.3, -0.25) is 0 Å². The summed E-state index contributed by atoms with van der Waals surface area (Å²) in [7, 11) is 0. The van der Waals surface area contributed by atoms with E-state index in [0.717, 1.165) is 15.4 Å². The Morgan fingerprint density at radius 2 is 2.29 bits per heavy atom. The van der Waals surface area contributed by atoms with Crippen LogP contribution in [0.15, 0.2) is 22.7 Å². The minimum absolute atomic E-state index is 0.576. The topological polar surface area (TPSA) is 35.8 Å². The lowest BCUT2D eigenvalue weighted by atomic mass is 10.2. The molecule has 90 valence electrons. The Bertz CT molecular complexity index is 442. The second-order valence-electron chi connectivity index (χ2n) is 4.32. The molecule has 4 heteroatoms. The zero-order chi connectivity index (χ0) is 12.3. The summed E-state index contributed by atoms with van der Waals surface area (Å²) < 4.78 is 0.865. The van der Waals surface area contributed by atoms with Gasteiger partial charge in [-0.05, 0) is 59.6 Å². The number of hydrogen-bond acceptors (Lipinski definition) is 3. The molecule has 0 heterocycles. The first-order valence-electron chi connectivity index (χ1n) is 5.72. The Kier molecular flexibility index (Phi) is 4.36. The van der Waals surface area contributed by atoms with Crippen LogP contribution < -0.4 is 5.32 Å². The Hall–Kier alpha value is -0.660. The van der Waals surface area contributed by atoms with Gasteiger partial charge in [-0.25, -0.2) is 0 Å². The predicted molar refractivity (Wildman–Crippen MR) is 77.4 cm³/mol. The van der Waals surface area contributed by atoms with Crippen molar-refractivity contribution in [3.63, 3.8) is 0 Å². The molecule has 0 aromatic heterocycles. The molecule has 0 saturated heterocycles. The van der Waals surface area contributed by atoms with Crippen LogP contribution in [0, 0.1) is 11.3 Å². The van der Waals surface area contributed by atoms with E-state index < -0.39 is 0 Å². The third-order valence-corrected chi connectivity index (χ3v) is 4.93. The highest BCUT2D eigenvalue weighted by molar-refractivity contribution is 9.10. The van der Waals surface area contributed by atoms with Crippen molar-refractivity contribution in [3.8, 4) is 6.07 Å². The highest BCUT2D eigenvalue weighted by atomic mass is 79.9. The maximum absolute atomic E-state index is 8.86. The van der Waals surface area contributed by atoms with Crippen LogP contribution in [0.25, 0.3) is 0 Å². The van der Waals surface area contributed by atoms with Gasteiger partial charge in [0.1, 0.15) is 6.07 Å². The Balaban J connectivity index is 2.00. The van der Waals surface area contributed by atoms with E-state index in [9.17, 15) is 0 Å². The average Bonchev–Trinajstić information content (AvgIpc) is 2.77. The molecule has 1 fully saturated rings. The van der Waals surface area contributed by atoms with E-state index in [1.165, 1.54) is 19.3 Å². The number of nitriles is 1. The number of rotatable bonds is 3. The summed E-state index contributed by atoms with van der Waals surface area (Å²) in [6.07, 6.45) is 5.96. The van der Waals surface area contributed by atoms with Gasteiger partial charge in [0, 0.05) is 21.5 Å². The van der Waals surface area contributed by atoms with Crippen LogP contribution in [-0.4, -0.2) is 17.5 Å². The van der Waals surface area contributed by atoms with E-state index in [0.29, 0.717) is 11.6 Å². The molecule has 0 amide bonds. The third-order valence-electron chi connectivity index (χ3n) is 3.18. The van der Waals surface area contributed by atoms with Crippen molar-refractivity contribution in [2.45, 2.75) is 30.6 Å². The molecule has 1 aliphatic carbocycles. The van der Waals surface area contributed by atoms with Gasteiger partial charge in [0.05, 0.1) is 5.56 Å². The molecule has 0 spiro atoms. The van der Waals surface area contributed by atoms with Crippen molar-refractivity contribution in [2.24, 2.45) is 0 Å². The van der Waals surface area contributed by atoms with Gasteiger partial charge in [0.2, 0.25) is 0 Å². The van der Waals surface area contributed by atoms with Crippen LogP contribution in [0.1, 0.15) is 24.8 Å². The second-order valence-corrected chi connectivity index (χ2v) is 6.31. The number of nitrogens with zero attached hydrogens (tertiary/aromatic N) is 1. The van der Waals surface area contributed by atoms with E-state index in [2.05, 4.69) is 33.6 Å². The van der Waals surface area contributed by atoms with Gasteiger partial charge in [0.15, 0.2) is 0 Å². The number of benzene rings is 1. The van der Waals surface area contributed by atoms with Crippen LogP contribution in [0.4, 0.5) is 5.69 Å². The van der Waals surface area contributed by atoms with Crippen LogP contribution in [0.3, 0.4) is 0 Å². The molecule has 0 bridgehead atoms. The summed E-state index contributed by atoms with van der Waals surface area (Å²) in [4.78, 5) is 0. The first-order valence-corrected chi connectivity index (χ1v) is 7.80. The summed E-state index contributed by atoms with van der Waals surface area (Å²) in [5.74, 6) is 0. The van der Waals surface area contributed by atoms with Crippen LogP contribution >= 0.6 is 27.7 Å². The minimum Gasteiger partial charge on any atom is -0.382 e. The van der Waals surface area contributed by atoms with Crippen molar-refractivity contribution in [3.05, 3.63) is 28.2 Å². The summed E-state index contributed by atoms with van der Waals surface area (Å²) in [5.41, 5.74) is 1.78. The van der Waals surface area contributed by atoms with Gasteiger partial charge in [-0.15, -0.1) is 0 Å². The highest BCUT2D eigenvalue weighted by Gasteiger charge is 2.23. The van der Waals surface area contributed by atoms with Crippen molar-refractivity contribution in [1.29, 1.82) is 5.26 Å². The molecule has 0 aliphatic heterocycles. The molecule has 2 rings (SSSR count). The van der Waals surface area contributed by atoms with Gasteiger partial charge < -0.3 is 5.32 Å². The number of anilines is 1. The van der Waals surface area contributed by atoms with Crippen molar-refractivity contribution < 1.29 is 0 Å². The van der Waals surface area contributed by atoms with Crippen LogP contribution in [-0.2, 0) is 0 Å². The van der Waals surface area contributed by atoms with Gasteiger partial charge in [-0.2, -0.15) is 17.0 Å². The maximum atomic E-state index is 8.86. The number of halogens is 1. The summed E-state index contributed by atoms with van der Waals surface area (Å²) >= 11 is 5.38. The molecule has 1 aromatic carbocycles. The van der Waals surface area contributed by atoms with Crippen molar-refractivity contribution in [2.75, 3.05) is 11.6 Å². The maximum Gasteiger partial charge on any atom is 0.100 e. The lowest BCUT2D eigenvalue weighted by Crippen LogP contribution is -2.15. The SMILES string of the molecule is CSC1CCC(Nc2ccc(C#N)c(Br)c2)C1. The number of hydrogen-bond donors (Lipinski definition) is 1. The molecular formula is C13H15BrN2S. The van der Waals surface area contributed by atoms with Gasteiger partial charge >= 0.3 is 0 Å². The normalized spacial score (nSPS) is 23.4. The number of nitrogens with one attached hydrogen (secondary N) is 1. The molecular weight excluding hydrogens is 296 g/mol. The molecule has 1 saturated carbocycles. The lowest BCUT2D eigenvalue weighted by Gasteiger charge is -2.14. The van der Waals surface area contributed by atoms with E-state index in [1.807, 2.05) is 30.0 Å². The molecule has 2 unspecified atom stereocenters. The molecule has 2 atom stereocenters. The average molecular weight is 311 g/mol. The Labute approximate surface area is 115 Å². The summed E-state index contributed by atoms with van der Waals surface area (Å²) in [6.45, 7) is 0. The molecule has 1 N–H and O–H groups in total. The number of thioether (sulfide) groups is 1. The Morgan fingerprint density at radius 3 is 2.88 bits per heavy atom.